The van der Waals surface area contributed by atoms with Crippen molar-refractivity contribution in [2.24, 2.45) is 0 Å². The molecule has 2 aromatic heterocycles. The van der Waals surface area contributed by atoms with Crippen LogP contribution in [0.4, 0.5) is 11.5 Å². The molecular weight excluding hydrogens is 384 g/mol. The van der Waals surface area contributed by atoms with Gasteiger partial charge >= 0.3 is 5.97 Å². The molecule has 0 spiro atoms. The predicted molar refractivity (Wildman–Crippen MR) is 110 cm³/mol. The highest BCUT2D eigenvalue weighted by Crippen LogP contribution is 2.38. The molecule has 0 bridgehead atoms. The van der Waals surface area contributed by atoms with Crippen LogP contribution in [0.3, 0.4) is 0 Å². The van der Waals surface area contributed by atoms with Crippen LogP contribution in [0.1, 0.15) is 17.3 Å². The Kier molecular flexibility index (Phi) is 4.44. The summed E-state index contributed by atoms with van der Waals surface area (Å²) in [5, 5.41) is 3.39. The summed E-state index contributed by atoms with van der Waals surface area (Å²) >= 11 is 0. The number of ether oxygens (including phenoxy) is 3. The topological polar surface area (TPSA) is 87.0 Å². The van der Waals surface area contributed by atoms with E-state index in [1.54, 1.807) is 37.5 Å². The van der Waals surface area contributed by atoms with Gasteiger partial charge in [0.05, 0.1) is 18.4 Å². The zero-order valence-corrected chi connectivity index (χ0v) is 16.2. The Morgan fingerprint density at radius 3 is 3.00 bits per heavy atom. The number of fused-ring (bicyclic) bond motifs is 2. The van der Waals surface area contributed by atoms with Crippen molar-refractivity contribution in [3.8, 4) is 22.8 Å². The Balaban J connectivity index is 1.58. The second kappa shape index (κ2) is 7.40. The van der Waals surface area contributed by atoms with Crippen LogP contribution in [-0.4, -0.2) is 33.7 Å². The Labute approximate surface area is 172 Å². The molecule has 1 aliphatic heterocycles. The smallest absolute Gasteiger partial charge is 0.338 e. The Hall–Kier alpha value is -4.07. The molecule has 30 heavy (non-hydrogen) atoms. The van der Waals surface area contributed by atoms with E-state index in [9.17, 15) is 4.79 Å². The average molecular weight is 402 g/mol. The van der Waals surface area contributed by atoms with Crippen LogP contribution in [0, 0.1) is 0 Å². The number of hydrogen-bond acceptors (Lipinski definition) is 7. The van der Waals surface area contributed by atoms with Crippen molar-refractivity contribution in [2.45, 2.75) is 6.92 Å². The van der Waals surface area contributed by atoms with E-state index < -0.39 is 0 Å². The van der Waals surface area contributed by atoms with Gasteiger partial charge in [-0.05, 0) is 43.3 Å². The largest absolute Gasteiger partial charge is 0.462 e. The third-order valence-electron chi connectivity index (χ3n) is 4.71. The Bertz CT molecular complexity index is 1250. The lowest BCUT2D eigenvalue weighted by atomic mass is 10.1. The number of imidazole rings is 1. The van der Waals surface area contributed by atoms with Crippen molar-refractivity contribution in [3.05, 3.63) is 66.6 Å². The molecule has 0 saturated carbocycles. The highest BCUT2D eigenvalue weighted by atomic mass is 16.7. The first kappa shape index (κ1) is 18.0. The molecule has 1 aliphatic rings. The molecule has 0 saturated heterocycles. The number of nitrogens with zero attached hydrogens (tertiary/aromatic N) is 3. The van der Waals surface area contributed by atoms with E-state index in [2.05, 4.69) is 10.3 Å². The summed E-state index contributed by atoms with van der Waals surface area (Å²) in [6.07, 6.45) is 5.21. The number of benzene rings is 2. The van der Waals surface area contributed by atoms with Crippen LogP contribution in [0.2, 0.25) is 0 Å². The van der Waals surface area contributed by atoms with E-state index in [0.29, 0.717) is 29.3 Å². The Morgan fingerprint density at radius 2 is 2.10 bits per heavy atom. The van der Waals surface area contributed by atoms with Gasteiger partial charge in [-0.2, -0.15) is 0 Å². The molecule has 4 aromatic rings. The fourth-order valence-corrected chi connectivity index (χ4v) is 3.35. The Morgan fingerprint density at radius 1 is 1.20 bits per heavy atom. The van der Waals surface area contributed by atoms with Crippen LogP contribution in [0.5, 0.6) is 11.5 Å². The maximum Gasteiger partial charge on any atom is 0.338 e. The van der Waals surface area contributed by atoms with Crippen molar-refractivity contribution in [2.75, 3.05) is 18.7 Å². The highest BCUT2D eigenvalue weighted by molar-refractivity contribution is 5.91. The summed E-state index contributed by atoms with van der Waals surface area (Å²) in [7, 11) is 0. The van der Waals surface area contributed by atoms with Crippen molar-refractivity contribution in [3.63, 3.8) is 0 Å². The zero-order valence-electron chi connectivity index (χ0n) is 16.2. The summed E-state index contributed by atoms with van der Waals surface area (Å²) in [5.74, 6) is 1.77. The molecule has 8 nitrogen and oxygen atoms in total. The minimum absolute atomic E-state index is 0.208. The molecule has 8 heteroatoms. The summed E-state index contributed by atoms with van der Waals surface area (Å²) in [6, 6.07) is 12.9. The van der Waals surface area contributed by atoms with Crippen LogP contribution >= 0.6 is 0 Å². The summed E-state index contributed by atoms with van der Waals surface area (Å²) in [4.78, 5) is 21.0. The number of rotatable bonds is 5. The lowest BCUT2D eigenvalue weighted by Gasteiger charge is -2.10. The summed E-state index contributed by atoms with van der Waals surface area (Å²) in [5.41, 5.74) is 3.49. The minimum Gasteiger partial charge on any atom is -0.462 e. The number of esters is 1. The van der Waals surface area contributed by atoms with E-state index in [0.717, 1.165) is 22.8 Å². The number of carbonyl (C=O) groups excluding carboxylic acids is 1. The summed E-state index contributed by atoms with van der Waals surface area (Å²) < 4.78 is 17.9. The summed E-state index contributed by atoms with van der Waals surface area (Å²) in [6.45, 7) is 2.31. The maximum absolute atomic E-state index is 12.1. The van der Waals surface area contributed by atoms with Crippen molar-refractivity contribution in [1.29, 1.82) is 0 Å². The monoisotopic (exact) mass is 402 g/mol. The fourth-order valence-electron chi connectivity index (χ4n) is 3.35. The van der Waals surface area contributed by atoms with Gasteiger partial charge in [-0.3, -0.25) is 9.38 Å². The molecule has 0 fully saturated rings. The number of carbonyl (C=O) groups is 1. The van der Waals surface area contributed by atoms with E-state index >= 15 is 0 Å². The van der Waals surface area contributed by atoms with E-state index in [1.165, 1.54) is 0 Å². The van der Waals surface area contributed by atoms with Gasteiger partial charge in [-0.15, -0.1) is 0 Å². The maximum atomic E-state index is 12.1. The first-order valence-electron chi connectivity index (χ1n) is 9.49. The quantitative estimate of drug-likeness (QED) is 0.504. The van der Waals surface area contributed by atoms with Crippen LogP contribution in [0.15, 0.2) is 61.1 Å². The molecule has 5 rings (SSSR count). The number of aromatic nitrogens is 3. The molecule has 0 aliphatic carbocycles. The standard InChI is InChI=1S/C22H18N4O4/c1-2-28-22(27)15-4-3-5-16(10-15)24-21-20(25-19-12-23-8-9-26(19)21)14-6-7-17-18(11-14)30-13-29-17/h3-12,24H,2,13H2,1H3. The van der Waals surface area contributed by atoms with Gasteiger partial charge < -0.3 is 19.5 Å². The van der Waals surface area contributed by atoms with E-state index in [-0.39, 0.29) is 12.8 Å². The second-order valence-electron chi connectivity index (χ2n) is 6.61. The van der Waals surface area contributed by atoms with Gasteiger partial charge in [0.15, 0.2) is 17.1 Å². The predicted octanol–water partition coefficient (Wildman–Crippen LogP) is 4.05. The number of anilines is 2. The second-order valence-corrected chi connectivity index (χ2v) is 6.61. The first-order valence-corrected chi connectivity index (χ1v) is 9.49. The molecule has 0 atom stereocenters. The van der Waals surface area contributed by atoms with Crippen LogP contribution in [0.25, 0.3) is 16.9 Å². The molecule has 3 heterocycles. The SMILES string of the molecule is CCOC(=O)c1cccc(Nc2c(-c3ccc4c(c3)OCO4)nc3cnccn23)c1. The number of hydrogen-bond donors (Lipinski definition) is 1. The van der Waals surface area contributed by atoms with Crippen molar-refractivity contribution >= 4 is 23.1 Å². The third kappa shape index (κ3) is 3.18. The van der Waals surface area contributed by atoms with Gasteiger partial charge in [-0.1, -0.05) is 6.07 Å². The van der Waals surface area contributed by atoms with Gasteiger partial charge in [-0.25, -0.2) is 9.78 Å². The van der Waals surface area contributed by atoms with Crippen molar-refractivity contribution in [1.82, 2.24) is 14.4 Å². The average Bonchev–Trinajstić information content (AvgIpc) is 3.38. The molecule has 0 amide bonds. The molecule has 0 radical (unpaired) electrons. The van der Waals surface area contributed by atoms with Gasteiger partial charge in [0.25, 0.3) is 0 Å². The van der Waals surface area contributed by atoms with Gasteiger partial charge in [0.2, 0.25) is 6.79 Å². The normalized spacial score (nSPS) is 12.2. The number of nitrogens with one attached hydrogen (secondary N) is 1. The molecular formula is C22H18N4O4. The zero-order chi connectivity index (χ0) is 20.5. The lowest BCUT2D eigenvalue weighted by molar-refractivity contribution is 0.0526. The molecule has 2 aromatic carbocycles. The van der Waals surface area contributed by atoms with E-state index in [1.807, 2.05) is 34.9 Å². The molecule has 1 N–H and O–H groups in total. The van der Waals surface area contributed by atoms with Crippen LogP contribution in [-0.2, 0) is 4.74 Å². The molecule has 0 unspecified atom stereocenters. The van der Waals surface area contributed by atoms with Crippen LogP contribution < -0.4 is 14.8 Å². The fraction of sp³-hybridized carbons (Fsp3) is 0.136. The molecule has 150 valence electrons. The van der Waals surface area contributed by atoms with Gasteiger partial charge in [0, 0.05) is 23.6 Å². The minimum atomic E-state index is -0.362. The third-order valence-corrected chi connectivity index (χ3v) is 4.71. The van der Waals surface area contributed by atoms with E-state index in [4.69, 9.17) is 19.2 Å². The highest BCUT2D eigenvalue weighted by Gasteiger charge is 2.19. The lowest BCUT2D eigenvalue weighted by Crippen LogP contribution is -2.05. The van der Waals surface area contributed by atoms with Crippen molar-refractivity contribution < 1.29 is 19.0 Å². The first-order chi connectivity index (χ1) is 14.7. The van der Waals surface area contributed by atoms with Gasteiger partial charge in [0.1, 0.15) is 11.5 Å².